The lowest BCUT2D eigenvalue weighted by Crippen LogP contribution is -2.48. The second-order valence-electron chi connectivity index (χ2n) is 5.77. The Bertz CT molecular complexity index is 765. The Kier molecular flexibility index (Phi) is 5.81. The van der Waals surface area contributed by atoms with Crippen LogP contribution in [0.3, 0.4) is 0 Å². The van der Waals surface area contributed by atoms with Crippen LogP contribution in [0.1, 0.15) is 34.6 Å². The van der Waals surface area contributed by atoms with Crippen LogP contribution in [0.4, 0.5) is 0 Å². The van der Waals surface area contributed by atoms with E-state index >= 15 is 0 Å². The molecule has 9 heteroatoms. The molecule has 25 heavy (non-hydrogen) atoms. The Morgan fingerprint density at radius 2 is 1.64 bits per heavy atom. The van der Waals surface area contributed by atoms with Gasteiger partial charge in [-0.05, 0) is 32.0 Å². The van der Waals surface area contributed by atoms with Gasteiger partial charge in [0, 0.05) is 13.1 Å². The Labute approximate surface area is 146 Å². The molecule has 0 amide bonds. The van der Waals surface area contributed by atoms with Crippen molar-refractivity contribution in [3.8, 4) is 0 Å². The average Bonchev–Trinajstić information content (AvgIpc) is 2.58. The van der Waals surface area contributed by atoms with Crippen LogP contribution in [-0.4, -0.2) is 64.2 Å². The molecule has 2 unspecified atom stereocenters. The van der Waals surface area contributed by atoms with Gasteiger partial charge in [-0.15, -0.1) is 0 Å². The van der Waals surface area contributed by atoms with Gasteiger partial charge in [-0.25, -0.2) is 18.0 Å². The number of hydrogen-bond acceptors (Lipinski definition) is 7. The molecule has 2 rings (SSSR count). The highest BCUT2D eigenvalue weighted by molar-refractivity contribution is 7.89. The fraction of sp³-hybridized carbons (Fsp3) is 0.500. The minimum absolute atomic E-state index is 0.0306. The lowest BCUT2D eigenvalue weighted by Gasteiger charge is -2.34. The van der Waals surface area contributed by atoms with Crippen LogP contribution in [0.5, 0.6) is 0 Å². The van der Waals surface area contributed by atoms with Crippen molar-refractivity contribution in [2.75, 3.05) is 27.3 Å². The number of nitrogens with zero attached hydrogens (tertiary/aromatic N) is 1. The Balaban J connectivity index is 2.56. The minimum atomic E-state index is -4.03. The number of hydrogen-bond donors (Lipinski definition) is 0. The maximum atomic E-state index is 13.1. The van der Waals surface area contributed by atoms with E-state index in [2.05, 4.69) is 9.47 Å². The zero-order valence-electron chi connectivity index (χ0n) is 14.5. The summed E-state index contributed by atoms with van der Waals surface area (Å²) in [4.78, 5) is 23.5. The molecular weight excluding hydrogens is 350 g/mol. The van der Waals surface area contributed by atoms with Gasteiger partial charge in [-0.2, -0.15) is 4.31 Å². The van der Waals surface area contributed by atoms with Crippen LogP contribution in [0.25, 0.3) is 0 Å². The largest absolute Gasteiger partial charge is 0.465 e. The number of sulfonamides is 1. The summed E-state index contributed by atoms with van der Waals surface area (Å²) in [5, 5.41) is 0. The Hall–Kier alpha value is -1.97. The van der Waals surface area contributed by atoms with Gasteiger partial charge in [0.05, 0.1) is 42.4 Å². The first-order valence-corrected chi connectivity index (χ1v) is 9.11. The summed E-state index contributed by atoms with van der Waals surface area (Å²) < 4.78 is 42.3. The van der Waals surface area contributed by atoms with E-state index < -0.39 is 22.0 Å². The third-order valence-corrected chi connectivity index (χ3v) is 5.68. The third-order valence-electron chi connectivity index (χ3n) is 3.81. The molecule has 0 saturated carbocycles. The van der Waals surface area contributed by atoms with Crippen LogP contribution in [0.2, 0.25) is 0 Å². The maximum Gasteiger partial charge on any atom is 0.339 e. The van der Waals surface area contributed by atoms with Crippen molar-refractivity contribution < 1.29 is 32.2 Å². The molecule has 1 aliphatic heterocycles. The second kappa shape index (κ2) is 7.51. The fourth-order valence-corrected chi connectivity index (χ4v) is 4.52. The van der Waals surface area contributed by atoms with Crippen LogP contribution >= 0.6 is 0 Å². The van der Waals surface area contributed by atoms with E-state index in [0.717, 1.165) is 13.2 Å². The van der Waals surface area contributed by atoms with E-state index in [4.69, 9.17) is 4.74 Å². The molecule has 0 N–H and O–H groups in total. The topological polar surface area (TPSA) is 99.2 Å². The summed E-state index contributed by atoms with van der Waals surface area (Å²) in [6.45, 7) is 3.83. The molecule has 1 heterocycles. The molecule has 0 bridgehead atoms. The molecular formula is C16H21NO7S. The van der Waals surface area contributed by atoms with Gasteiger partial charge >= 0.3 is 11.9 Å². The fourth-order valence-electron chi connectivity index (χ4n) is 2.73. The van der Waals surface area contributed by atoms with Gasteiger partial charge in [-0.1, -0.05) is 0 Å². The molecule has 0 radical (unpaired) electrons. The van der Waals surface area contributed by atoms with E-state index in [-0.39, 0.29) is 41.3 Å². The van der Waals surface area contributed by atoms with Gasteiger partial charge in [0.1, 0.15) is 0 Å². The molecule has 1 aromatic rings. The number of methoxy groups -OCH3 is 2. The summed E-state index contributed by atoms with van der Waals surface area (Å²) >= 11 is 0. The molecule has 0 spiro atoms. The predicted molar refractivity (Wildman–Crippen MR) is 87.9 cm³/mol. The zero-order valence-corrected chi connectivity index (χ0v) is 15.3. The van der Waals surface area contributed by atoms with Gasteiger partial charge in [0.15, 0.2) is 0 Å². The summed E-state index contributed by atoms with van der Waals surface area (Å²) in [6.07, 6.45) is -0.576. The number of morpholine rings is 1. The SMILES string of the molecule is COC(=O)c1ccc(C(=O)OC)c(S(=O)(=O)N2CC(C)OC(C)C2)c1. The molecule has 138 valence electrons. The van der Waals surface area contributed by atoms with Crippen molar-refractivity contribution in [3.63, 3.8) is 0 Å². The van der Waals surface area contributed by atoms with Crippen molar-refractivity contribution in [1.82, 2.24) is 4.31 Å². The highest BCUT2D eigenvalue weighted by atomic mass is 32.2. The summed E-state index contributed by atoms with van der Waals surface area (Å²) in [6, 6.07) is 3.71. The first-order valence-electron chi connectivity index (χ1n) is 7.67. The quantitative estimate of drug-likeness (QED) is 0.730. The van der Waals surface area contributed by atoms with Crippen molar-refractivity contribution in [3.05, 3.63) is 29.3 Å². The standard InChI is InChI=1S/C16H21NO7S/c1-10-8-17(9-11(2)24-10)25(20,21)14-7-12(15(18)22-3)5-6-13(14)16(19)23-4/h5-7,10-11H,8-9H2,1-4H3. The van der Waals surface area contributed by atoms with Crippen LogP contribution < -0.4 is 0 Å². The average molecular weight is 371 g/mol. The van der Waals surface area contributed by atoms with E-state index in [1.165, 1.54) is 23.5 Å². The van der Waals surface area contributed by atoms with Crippen molar-refractivity contribution in [2.45, 2.75) is 31.0 Å². The van der Waals surface area contributed by atoms with Gasteiger partial charge in [-0.3, -0.25) is 0 Å². The smallest absolute Gasteiger partial charge is 0.339 e. The van der Waals surface area contributed by atoms with Crippen LogP contribution in [-0.2, 0) is 24.2 Å². The molecule has 2 atom stereocenters. The molecule has 0 aromatic heterocycles. The van der Waals surface area contributed by atoms with E-state index in [1.54, 1.807) is 13.8 Å². The molecule has 1 saturated heterocycles. The summed E-state index contributed by atoms with van der Waals surface area (Å²) in [7, 11) is -1.68. The van der Waals surface area contributed by atoms with E-state index in [1.807, 2.05) is 0 Å². The number of rotatable bonds is 4. The second-order valence-corrected chi connectivity index (χ2v) is 7.68. The number of ether oxygens (including phenoxy) is 3. The maximum absolute atomic E-state index is 13.1. The first kappa shape index (κ1) is 19.4. The van der Waals surface area contributed by atoms with Crippen molar-refractivity contribution in [2.24, 2.45) is 0 Å². The summed E-state index contributed by atoms with van der Waals surface area (Å²) in [5.74, 6) is -1.50. The minimum Gasteiger partial charge on any atom is -0.465 e. The molecule has 1 aromatic carbocycles. The van der Waals surface area contributed by atoms with Gasteiger partial charge < -0.3 is 14.2 Å². The zero-order chi connectivity index (χ0) is 18.8. The van der Waals surface area contributed by atoms with E-state index in [0.29, 0.717) is 0 Å². The van der Waals surface area contributed by atoms with Crippen LogP contribution in [0.15, 0.2) is 23.1 Å². The van der Waals surface area contributed by atoms with Crippen molar-refractivity contribution in [1.29, 1.82) is 0 Å². The Morgan fingerprint density at radius 3 is 2.16 bits per heavy atom. The molecule has 0 aliphatic carbocycles. The normalized spacial score (nSPS) is 21.6. The highest BCUT2D eigenvalue weighted by Gasteiger charge is 2.35. The third kappa shape index (κ3) is 4.00. The number of carbonyl (C=O) groups is 2. The van der Waals surface area contributed by atoms with Crippen molar-refractivity contribution >= 4 is 22.0 Å². The number of carbonyl (C=O) groups excluding carboxylic acids is 2. The monoisotopic (exact) mass is 371 g/mol. The highest BCUT2D eigenvalue weighted by Crippen LogP contribution is 2.26. The van der Waals surface area contributed by atoms with Gasteiger partial charge in [0.2, 0.25) is 10.0 Å². The number of benzene rings is 1. The lowest BCUT2D eigenvalue weighted by molar-refractivity contribution is -0.0441. The summed E-state index contributed by atoms with van der Waals surface area (Å²) in [5.41, 5.74) is -0.106. The Morgan fingerprint density at radius 1 is 1.08 bits per heavy atom. The molecule has 8 nitrogen and oxygen atoms in total. The molecule has 1 fully saturated rings. The predicted octanol–water partition coefficient (Wildman–Crippen LogP) is 1.06. The van der Waals surface area contributed by atoms with Gasteiger partial charge in [0.25, 0.3) is 0 Å². The molecule has 1 aliphatic rings. The lowest BCUT2D eigenvalue weighted by atomic mass is 10.1. The van der Waals surface area contributed by atoms with Crippen LogP contribution in [0, 0.1) is 0 Å². The van der Waals surface area contributed by atoms with E-state index in [9.17, 15) is 18.0 Å². The first-order chi connectivity index (χ1) is 11.7. The number of esters is 2.